The maximum atomic E-state index is 6.05. The van der Waals surface area contributed by atoms with Crippen LogP contribution in [0.1, 0.15) is 17.5 Å². The van der Waals surface area contributed by atoms with Crippen LogP contribution < -0.4 is 10.1 Å². The first-order chi connectivity index (χ1) is 12.8. The normalized spacial score (nSPS) is 14.0. The molecule has 0 amide bonds. The van der Waals surface area contributed by atoms with Gasteiger partial charge in [-0.15, -0.1) is 24.8 Å². The van der Waals surface area contributed by atoms with E-state index in [0.29, 0.717) is 6.61 Å². The van der Waals surface area contributed by atoms with Crippen LogP contribution in [0.4, 0.5) is 0 Å². The molecule has 0 aliphatic carbocycles. The highest BCUT2D eigenvalue weighted by atomic mass is 79.9. The van der Waals surface area contributed by atoms with E-state index in [4.69, 9.17) is 9.47 Å². The minimum Gasteiger partial charge on any atom is -0.489 e. The molecule has 7 heteroatoms. The van der Waals surface area contributed by atoms with Crippen LogP contribution in [0.2, 0.25) is 0 Å². The number of rotatable bonds is 9. The molecule has 1 saturated heterocycles. The molecule has 4 nitrogen and oxygen atoms in total. The average molecular weight is 492 g/mol. The van der Waals surface area contributed by atoms with Crippen molar-refractivity contribution in [2.45, 2.75) is 19.6 Å². The van der Waals surface area contributed by atoms with Crippen LogP contribution >= 0.6 is 40.7 Å². The van der Waals surface area contributed by atoms with Crippen molar-refractivity contribution in [2.24, 2.45) is 0 Å². The van der Waals surface area contributed by atoms with E-state index in [1.54, 1.807) is 0 Å². The van der Waals surface area contributed by atoms with E-state index in [1.165, 1.54) is 11.1 Å². The second kappa shape index (κ2) is 14.2. The molecule has 0 atom stereocenters. The molecular weight excluding hydrogens is 463 g/mol. The van der Waals surface area contributed by atoms with Gasteiger partial charge >= 0.3 is 0 Å². The lowest BCUT2D eigenvalue weighted by Crippen LogP contribution is -2.37. The predicted molar refractivity (Wildman–Crippen MR) is 123 cm³/mol. The summed E-state index contributed by atoms with van der Waals surface area (Å²) >= 11 is 3.57. The largest absolute Gasteiger partial charge is 0.489 e. The van der Waals surface area contributed by atoms with Gasteiger partial charge in [0.05, 0.1) is 13.2 Å². The summed E-state index contributed by atoms with van der Waals surface area (Å²) in [5.74, 6) is 0.942. The van der Waals surface area contributed by atoms with Crippen LogP contribution in [-0.2, 0) is 17.9 Å². The molecule has 0 unspecified atom stereocenters. The second-order valence-electron chi connectivity index (χ2n) is 6.51. The van der Waals surface area contributed by atoms with Crippen LogP contribution in [0, 0.1) is 0 Å². The molecule has 156 valence electrons. The molecule has 0 aromatic heterocycles. The lowest BCUT2D eigenvalue weighted by molar-refractivity contribution is 0.0374. The number of nitrogens with one attached hydrogen (secondary N) is 1. The maximum Gasteiger partial charge on any atom is 0.124 e. The van der Waals surface area contributed by atoms with Gasteiger partial charge in [-0.2, -0.15) is 0 Å². The monoisotopic (exact) mass is 490 g/mol. The molecule has 0 saturated carbocycles. The van der Waals surface area contributed by atoms with Gasteiger partial charge in [-0.1, -0.05) is 46.3 Å². The number of benzene rings is 2. The molecule has 0 radical (unpaired) electrons. The van der Waals surface area contributed by atoms with Gasteiger partial charge in [0.15, 0.2) is 0 Å². The molecule has 1 aliphatic rings. The van der Waals surface area contributed by atoms with Crippen LogP contribution in [0.3, 0.4) is 0 Å². The van der Waals surface area contributed by atoms with E-state index in [2.05, 4.69) is 44.3 Å². The molecule has 2 aromatic carbocycles. The number of ether oxygens (including phenoxy) is 2. The number of morpholine rings is 1. The Morgan fingerprint density at radius 1 is 1.04 bits per heavy atom. The Hall–Kier alpha value is -0.820. The molecule has 3 rings (SSSR count). The van der Waals surface area contributed by atoms with Crippen LogP contribution in [0.5, 0.6) is 5.75 Å². The molecule has 1 fully saturated rings. The zero-order valence-electron chi connectivity index (χ0n) is 15.9. The van der Waals surface area contributed by atoms with E-state index in [-0.39, 0.29) is 24.8 Å². The van der Waals surface area contributed by atoms with Crippen LogP contribution in [-0.4, -0.2) is 44.3 Å². The summed E-state index contributed by atoms with van der Waals surface area (Å²) in [6, 6.07) is 16.5. The fraction of sp³-hybridized carbons (Fsp3) is 0.429. The van der Waals surface area contributed by atoms with Gasteiger partial charge in [-0.25, -0.2) is 0 Å². The molecule has 1 aliphatic heterocycles. The minimum atomic E-state index is 0. The van der Waals surface area contributed by atoms with E-state index in [1.807, 2.05) is 30.3 Å². The van der Waals surface area contributed by atoms with Gasteiger partial charge in [-0.05, 0) is 43.3 Å². The van der Waals surface area contributed by atoms with E-state index >= 15 is 0 Å². The summed E-state index contributed by atoms with van der Waals surface area (Å²) in [5, 5.41) is 3.55. The fourth-order valence-corrected chi connectivity index (χ4v) is 3.45. The SMILES string of the molecule is Brc1ccc(OCc2ccccc2)c(CNCCCN2CCOCC2)c1.Cl.Cl. The molecule has 2 aromatic rings. The number of nitrogens with zero attached hydrogens (tertiary/aromatic N) is 1. The Labute approximate surface area is 188 Å². The van der Waals surface area contributed by atoms with E-state index < -0.39 is 0 Å². The second-order valence-corrected chi connectivity index (χ2v) is 7.43. The zero-order chi connectivity index (χ0) is 18.0. The van der Waals surface area contributed by atoms with Gasteiger partial charge in [0.1, 0.15) is 12.4 Å². The maximum absolute atomic E-state index is 6.05. The minimum absolute atomic E-state index is 0. The van der Waals surface area contributed by atoms with E-state index in [0.717, 1.165) is 62.6 Å². The Morgan fingerprint density at radius 3 is 2.54 bits per heavy atom. The van der Waals surface area contributed by atoms with Crippen molar-refractivity contribution in [3.63, 3.8) is 0 Å². The first-order valence-electron chi connectivity index (χ1n) is 9.27. The quantitative estimate of drug-likeness (QED) is 0.516. The number of halogens is 3. The molecule has 1 N–H and O–H groups in total. The summed E-state index contributed by atoms with van der Waals surface area (Å²) in [6.07, 6.45) is 1.15. The average Bonchev–Trinajstić information content (AvgIpc) is 2.69. The third-order valence-corrected chi connectivity index (χ3v) is 5.00. The highest BCUT2D eigenvalue weighted by Gasteiger charge is 2.09. The summed E-state index contributed by atoms with van der Waals surface area (Å²) in [5.41, 5.74) is 2.36. The Morgan fingerprint density at radius 2 is 1.79 bits per heavy atom. The third kappa shape index (κ3) is 8.68. The summed E-state index contributed by atoms with van der Waals surface area (Å²) < 4.78 is 12.5. The summed E-state index contributed by atoms with van der Waals surface area (Å²) in [6.45, 7) is 7.39. The highest BCUT2D eigenvalue weighted by Crippen LogP contribution is 2.24. The molecule has 1 heterocycles. The first kappa shape index (κ1) is 25.2. The molecule has 0 spiro atoms. The van der Waals surface area contributed by atoms with Gasteiger partial charge < -0.3 is 14.8 Å². The Bertz CT molecular complexity index is 671. The van der Waals surface area contributed by atoms with Crippen molar-refractivity contribution in [1.82, 2.24) is 10.2 Å². The van der Waals surface area contributed by atoms with Gasteiger partial charge in [-0.3, -0.25) is 4.90 Å². The smallest absolute Gasteiger partial charge is 0.124 e. The topological polar surface area (TPSA) is 33.7 Å². The van der Waals surface area contributed by atoms with Crippen LogP contribution in [0.15, 0.2) is 53.0 Å². The zero-order valence-corrected chi connectivity index (χ0v) is 19.2. The third-order valence-electron chi connectivity index (χ3n) is 4.51. The summed E-state index contributed by atoms with van der Waals surface area (Å²) in [7, 11) is 0. The predicted octanol–water partition coefficient (Wildman–Crippen LogP) is 4.68. The van der Waals surface area contributed by atoms with Crippen molar-refractivity contribution >= 4 is 40.7 Å². The lowest BCUT2D eigenvalue weighted by atomic mass is 10.2. The van der Waals surface area contributed by atoms with Crippen molar-refractivity contribution in [1.29, 1.82) is 0 Å². The Kier molecular flexibility index (Phi) is 12.8. The van der Waals surface area contributed by atoms with Gasteiger partial charge in [0.25, 0.3) is 0 Å². The molecule has 0 bridgehead atoms. The Balaban J connectivity index is 0.00000196. The van der Waals surface area contributed by atoms with E-state index in [9.17, 15) is 0 Å². The standard InChI is InChI=1S/C21H27BrN2O2.2ClH/c22-20-7-8-21(26-17-18-5-2-1-3-6-18)19(15-20)16-23-9-4-10-24-11-13-25-14-12-24;;/h1-3,5-8,15,23H,4,9-14,16-17H2;2*1H. The van der Waals surface area contributed by atoms with Crippen molar-refractivity contribution in [3.8, 4) is 5.75 Å². The fourth-order valence-electron chi connectivity index (χ4n) is 3.04. The molecule has 28 heavy (non-hydrogen) atoms. The van der Waals surface area contributed by atoms with Crippen molar-refractivity contribution < 1.29 is 9.47 Å². The van der Waals surface area contributed by atoms with Gasteiger partial charge in [0.2, 0.25) is 0 Å². The molecular formula is C21H29BrCl2N2O2. The van der Waals surface area contributed by atoms with Crippen LogP contribution in [0.25, 0.3) is 0 Å². The van der Waals surface area contributed by atoms with Crippen molar-refractivity contribution in [2.75, 3.05) is 39.4 Å². The number of hydrogen-bond acceptors (Lipinski definition) is 4. The van der Waals surface area contributed by atoms with Gasteiger partial charge in [0, 0.05) is 29.7 Å². The van der Waals surface area contributed by atoms with Crippen molar-refractivity contribution in [3.05, 3.63) is 64.1 Å². The first-order valence-corrected chi connectivity index (χ1v) is 10.1. The summed E-state index contributed by atoms with van der Waals surface area (Å²) in [4.78, 5) is 2.47. The lowest BCUT2D eigenvalue weighted by Gasteiger charge is -2.26. The highest BCUT2D eigenvalue weighted by molar-refractivity contribution is 9.10. The number of hydrogen-bond donors (Lipinski definition) is 1.